The summed E-state index contributed by atoms with van der Waals surface area (Å²) in [7, 11) is -3.64. The topological polar surface area (TPSA) is 86.1 Å². The molecule has 22 heavy (non-hydrogen) atoms. The van der Waals surface area contributed by atoms with Crippen LogP contribution in [0, 0.1) is 0 Å². The Bertz CT molecular complexity index is 721. The van der Waals surface area contributed by atoms with Crippen molar-refractivity contribution in [2.45, 2.75) is 44.0 Å². The molecule has 1 atom stereocenters. The first-order valence-electron chi connectivity index (χ1n) is 6.99. The average molecular weight is 344 g/mol. The summed E-state index contributed by atoms with van der Waals surface area (Å²) in [5, 5.41) is 4.72. The number of aromatic nitrogens is 3. The Balaban J connectivity index is 2.12. The van der Waals surface area contributed by atoms with Crippen LogP contribution in [0.15, 0.2) is 22.7 Å². The molecule has 1 unspecified atom stereocenters. The predicted molar refractivity (Wildman–Crippen MR) is 84.6 cm³/mol. The highest BCUT2D eigenvalue weighted by Crippen LogP contribution is 2.26. The van der Waals surface area contributed by atoms with Crippen LogP contribution in [-0.4, -0.2) is 29.8 Å². The van der Waals surface area contributed by atoms with Gasteiger partial charge >= 0.3 is 0 Å². The number of hydrogen-bond acceptors (Lipinski definition) is 6. The number of nitrogens with one attached hydrogen (secondary N) is 1. The van der Waals surface area contributed by atoms with Gasteiger partial charge in [-0.05, 0) is 33.8 Å². The van der Waals surface area contributed by atoms with Gasteiger partial charge in [-0.25, -0.2) is 18.1 Å². The van der Waals surface area contributed by atoms with Crippen molar-refractivity contribution in [2.75, 3.05) is 6.61 Å². The van der Waals surface area contributed by atoms with Gasteiger partial charge in [-0.2, -0.15) is 5.10 Å². The van der Waals surface area contributed by atoms with Crippen molar-refractivity contribution in [2.24, 2.45) is 0 Å². The van der Waals surface area contributed by atoms with E-state index in [1.807, 2.05) is 33.0 Å². The lowest BCUT2D eigenvalue weighted by atomic mass is 10.3. The summed E-state index contributed by atoms with van der Waals surface area (Å²) < 4.78 is 34.4. The lowest BCUT2D eigenvalue weighted by molar-refractivity contribution is 0.338. The second-order valence-corrected chi connectivity index (χ2v) is 7.97. The van der Waals surface area contributed by atoms with Crippen molar-refractivity contribution < 1.29 is 13.2 Å². The second-order valence-electron chi connectivity index (χ2n) is 5.04. The van der Waals surface area contributed by atoms with Gasteiger partial charge in [-0.3, -0.25) is 4.68 Å². The maximum absolute atomic E-state index is 12.3. The molecule has 0 amide bonds. The molecular formula is C13H20N4O3S2. The molecule has 0 spiro atoms. The largest absolute Gasteiger partial charge is 0.470 e. The minimum atomic E-state index is -3.64. The highest BCUT2D eigenvalue weighted by atomic mass is 32.2. The molecule has 2 heterocycles. The molecule has 2 rings (SSSR count). The Kier molecular flexibility index (Phi) is 5.20. The van der Waals surface area contributed by atoms with Crippen molar-refractivity contribution in [3.05, 3.63) is 24.2 Å². The second kappa shape index (κ2) is 6.76. The fourth-order valence-electron chi connectivity index (χ4n) is 1.78. The molecule has 0 aliphatic carbocycles. The van der Waals surface area contributed by atoms with Crippen LogP contribution in [0.3, 0.4) is 0 Å². The zero-order valence-electron chi connectivity index (χ0n) is 13.0. The lowest BCUT2D eigenvalue weighted by Gasteiger charge is -2.11. The van der Waals surface area contributed by atoms with Crippen molar-refractivity contribution in [1.82, 2.24) is 19.5 Å². The molecule has 0 aliphatic heterocycles. The number of thiazole rings is 1. The van der Waals surface area contributed by atoms with Gasteiger partial charge in [0.2, 0.25) is 0 Å². The third kappa shape index (κ3) is 3.84. The van der Waals surface area contributed by atoms with Crippen LogP contribution >= 0.6 is 11.3 Å². The Morgan fingerprint density at radius 1 is 1.41 bits per heavy atom. The minimum absolute atomic E-state index is 0.131. The molecule has 0 saturated carbocycles. The smallest absolute Gasteiger partial charge is 0.274 e. The summed E-state index contributed by atoms with van der Waals surface area (Å²) >= 11 is 1.00. The molecule has 2 aromatic heterocycles. The number of hydrogen-bond donors (Lipinski definition) is 1. The van der Waals surface area contributed by atoms with E-state index in [-0.39, 0.29) is 10.3 Å². The van der Waals surface area contributed by atoms with Gasteiger partial charge in [0.25, 0.3) is 15.2 Å². The molecule has 2 aromatic rings. The van der Waals surface area contributed by atoms with E-state index in [1.165, 1.54) is 6.20 Å². The number of ether oxygens (including phenoxy) is 1. The van der Waals surface area contributed by atoms with Crippen molar-refractivity contribution >= 4 is 21.4 Å². The molecule has 122 valence electrons. The Morgan fingerprint density at radius 2 is 2.14 bits per heavy atom. The summed E-state index contributed by atoms with van der Waals surface area (Å²) in [6.07, 6.45) is 3.14. The predicted octanol–water partition coefficient (Wildman–Crippen LogP) is 2.36. The molecular weight excluding hydrogens is 324 g/mol. The third-order valence-electron chi connectivity index (χ3n) is 2.93. The molecule has 0 radical (unpaired) electrons. The fourth-order valence-corrected chi connectivity index (χ4v) is 4.03. The van der Waals surface area contributed by atoms with Gasteiger partial charge in [-0.1, -0.05) is 11.3 Å². The SMILES string of the molecule is CCOc1ncc(S(=O)(=O)NC(C)c2ccn(C(C)C)n2)s1. The van der Waals surface area contributed by atoms with Gasteiger partial charge in [0, 0.05) is 12.2 Å². The first kappa shape index (κ1) is 16.9. The number of nitrogens with zero attached hydrogens (tertiary/aromatic N) is 3. The first-order chi connectivity index (χ1) is 10.3. The van der Waals surface area contributed by atoms with Crippen LogP contribution in [0.2, 0.25) is 0 Å². The molecule has 0 aromatic carbocycles. The quantitative estimate of drug-likeness (QED) is 0.833. The fraction of sp³-hybridized carbons (Fsp3) is 0.538. The van der Waals surface area contributed by atoms with E-state index in [2.05, 4.69) is 14.8 Å². The number of sulfonamides is 1. The molecule has 0 bridgehead atoms. The molecule has 7 nitrogen and oxygen atoms in total. The Hall–Kier alpha value is -1.45. The molecule has 9 heteroatoms. The van der Waals surface area contributed by atoms with Crippen LogP contribution in [0.25, 0.3) is 0 Å². The van der Waals surface area contributed by atoms with E-state index in [1.54, 1.807) is 11.6 Å². The normalized spacial score (nSPS) is 13.5. The van der Waals surface area contributed by atoms with Crippen LogP contribution in [0.4, 0.5) is 0 Å². The summed E-state index contributed by atoms with van der Waals surface area (Å²) in [5.74, 6) is 0. The maximum atomic E-state index is 12.3. The molecule has 0 saturated heterocycles. The maximum Gasteiger partial charge on any atom is 0.274 e. The van der Waals surface area contributed by atoms with Crippen LogP contribution in [-0.2, 0) is 10.0 Å². The van der Waals surface area contributed by atoms with Gasteiger partial charge in [0.05, 0.1) is 24.5 Å². The Labute approximate surface area is 134 Å². The zero-order valence-corrected chi connectivity index (χ0v) is 14.6. The zero-order chi connectivity index (χ0) is 16.3. The van der Waals surface area contributed by atoms with Crippen LogP contribution in [0.1, 0.15) is 45.5 Å². The summed E-state index contributed by atoms with van der Waals surface area (Å²) in [6.45, 7) is 8.05. The minimum Gasteiger partial charge on any atom is -0.470 e. The summed E-state index contributed by atoms with van der Waals surface area (Å²) in [6, 6.07) is 1.61. The molecule has 0 fully saturated rings. The van der Waals surface area contributed by atoms with Crippen LogP contribution in [0.5, 0.6) is 5.19 Å². The van der Waals surface area contributed by atoms with E-state index >= 15 is 0 Å². The Morgan fingerprint density at radius 3 is 2.73 bits per heavy atom. The highest BCUT2D eigenvalue weighted by molar-refractivity contribution is 7.91. The van der Waals surface area contributed by atoms with Crippen molar-refractivity contribution in [3.8, 4) is 5.19 Å². The third-order valence-corrected chi connectivity index (χ3v) is 5.84. The van der Waals surface area contributed by atoms with E-state index in [9.17, 15) is 8.42 Å². The van der Waals surface area contributed by atoms with E-state index in [4.69, 9.17) is 4.74 Å². The summed E-state index contributed by atoms with van der Waals surface area (Å²) in [4.78, 5) is 3.94. The van der Waals surface area contributed by atoms with Gasteiger partial charge in [-0.15, -0.1) is 0 Å². The van der Waals surface area contributed by atoms with Crippen LogP contribution < -0.4 is 9.46 Å². The van der Waals surface area contributed by atoms with Crippen molar-refractivity contribution in [1.29, 1.82) is 0 Å². The monoisotopic (exact) mass is 344 g/mol. The van der Waals surface area contributed by atoms with Gasteiger partial charge < -0.3 is 4.74 Å². The number of rotatable bonds is 7. The highest BCUT2D eigenvalue weighted by Gasteiger charge is 2.23. The average Bonchev–Trinajstić information content (AvgIpc) is 3.07. The van der Waals surface area contributed by atoms with E-state index < -0.39 is 16.1 Å². The molecule has 1 N–H and O–H groups in total. The summed E-state index contributed by atoms with van der Waals surface area (Å²) in [5.41, 5.74) is 0.673. The lowest BCUT2D eigenvalue weighted by Crippen LogP contribution is -2.26. The van der Waals surface area contributed by atoms with Crippen molar-refractivity contribution in [3.63, 3.8) is 0 Å². The van der Waals surface area contributed by atoms with Gasteiger partial charge in [0.15, 0.2) is 4.21 Å². The van der Waals surface area contributed by atoms with Gasteiger partial charge in [0.1, 0.15) is 0 Å². The standard InChI is InChI=1S/C13H20N4O3S2/c1-5-20-13-14-8-12(21-13)22(18,19)16-10(4)11-6-7-17(15-11)9(2)3/h6-10,16H,5H2,1-4H3. The molecule has 0 aliphatic rings. The van der Waals surface area contributed by atoms with E-state index in [0.29, 0.717) is 17.5 Å². The van der Waals surface area contributed by atoms with E-state index in [0.717, 1.165) is 11.3 Å². The first-order valence-corrected chi connectivity index (χ1v) is 9.29.